The van der Waals surface area contributed by atoms with Gasteiger partial charge in [0.15, 0.2) is 5.75 Å². The molecule has 1 aromatic rings. The van der Waals surface area contributed by atoms with Gasteiger partial charge < -0.3 is 22.9 Å². The first-order valence-electron chi connectivity index (χ1n) is 5.10. The lowest BCUT2D eigenvalue weighted by Gasteiger charge is -2.04. The van der Waals surface area contributed by atoms with Crippen molar-refractivity contribution in [2.75, 3.05) is 12.8 Å². The Morgan fingerprint density at radius 1 is 1.29 bits per heavy atom. The van der Waals surface area contributed by atoms with E-state index >= 15 is 0 Å². The molecule has 0 heterocycles. The molecule has 2 N–H and O–H groups in total. The number of ketones is 1. The molecular formula is C12H16Cl2NO2-. The van der Waals surface area contributed by atoms with Gasteiger partial charge in [-0.25, -0.2) is 0 Å². The molecule has 1 aliphatic carbocycles. The number of nitrogen functional groups attached to an aromatic ring is 1. The van der Waals surface area contributed by atoms with Crippen LogP contribution in [-0.2, 0) is 4.79 Å². The zero-order chi connectivity index (χ0) is 12.3. The van der Waals surface area contributed by atoms with Gasteiger partial charge in [-0.1, -0.05) is 31.5 Å². The zero-order valence-corrected chi connectivity index (χ0v) is 11.5. The van der Waals surface area contributed by atoms with Gasteiger partial charge in [-0.3, -0.25) is 4.79 Å². The fraction of sp³-hybridized carbons (Fsp3) is 0.417. The van der Waals surface area contributed by atoms with Crippen LogP contribution in [0.25, 0.3) is 0 Å². The quantitative estimate of drug-likeness (QED) is 0.722. The Morgan fingerprint density at radius 3 is 2.00 bits per heavy atom. The van der Waals surface area contributed by atoms with E-state index in [4.69, 9.17) is 22.1 Å². The lowest BCUT2D eigenvalue weighted by molar-refractivity contribution is -0.111. The van der Waals surface area contributed by atoms with Crippen molar-refractivity contribution in [2.45, 2.75) is 13.8 Å². The molecule has 2 atom stereocenters. The maximum absolute atomic E-state index is 10.2. The summed E-state index contributed by atoms with van der Waals surface area (Å²) < 4.78 is 4.92. The summed E-state index contributed by atoms with van der Waals surface area (Å²) in [7, 11) is 1.54. The molecule has 1 saturated carbocycles. The molecular weight excluding hydrogens is 261 g/mol. The molecule has 1 fully saturated rings. The first-order valence-corrected chi connectivity index (χ1v) is 5.48. The third-order valence-corrected chi connectivity index (χ3v) is 3.04. The Kier molecular flexibility index (Phi) is 6.35. The third kappa shape index (κ3) is 4.10. The minimum Gasteiger partial charge on any atom is -1.00 e. The predicted octanol–water partition coefficient (Wildman–Crippen LogP) is -0.224. The molecule has 0 radical (unpaired) electrons. The van der Waals surface area contributed by atoms with Gasteiger partial charge in [0.25, 0.3) is 0 Å². The lowest BCUT2D eigenvalue weighted by atomic mass is 10.3. The van der Waals surface area contributed by atoms with Gasteiger partial charge in [0.1, 0.15) is 5.78 Å². The van der Waals surface area contributed by atoms with Gasteiger partial charge in [-0.15, -0.1) is 0 Å². The number of hydrogen-bond acceptors (Lipinski definition) is 3. The molecule has 1 aliphatic rings. The summed E-state index contributed by atoms with van der Waals surface area (Å²) in [6.45, 7) is 3.93. The highest BCUT2D eigenvalue weighted by atomic mass is 35.5. The van der Waals surface area contributed by atoms with Gasteiger partial charge in [-0.2, -0.15) is 0 Å². The van der Waals surface area contributed by atoms with E-state index in [0.29, 0.717) is 34.1 Å². The maximum atomic E-state index is 10.2. The van der Waals surface area contributed by atoms with Crippen LogP contribution in [0.2, 0.25) is 5.02 Å². The topological polar surface area (TPSA) is 52.3 Å². The second kappa shape index (κ2) is 6.72. The normalized spacial score (nSPS) is 20.8. The summed E-state index contributed by atoms with van der Waals surface area (Å²) in [5, 5.41) is 0.544. The lowest BCUT2D eigenvalue weighted by Crippen LogP contribution is -3.00. The smallest absolute Gasteiger partial charge is 0.160 e. The number of para-hydroxylation sites is 1. The summed E-state index contributed by atoms with van der Waals surface area (Å²) >= 11 is 5.72. The molecule has 3 nitrogen and oxygen atoms in total. The van der Waals surface area contributed by atoms with Crippen molar-refractivity contribution in [1.29, 1.82) is 0 Å². The van der Waals surface area contributed by atoms with E-state index < -0.39 is 0 Å². The number of anilines is 1. The second-order valence-electron chi connectivity index (χ2n) is 3.84. The third-order valence-electron chi connectivity index (χ3n) is 2.74. The van der Waals surface area contributed by atoms with E-state index in [1.54, 1.807) is 18.2 Å². The summed E-state index contributed by atoms with van der Waals surface area (Å²) in [6, 6.07) is 5.25. The van der Waals surface area contributed by atoms with Crippen molar-refractivity contribution in [1.82, 2.24) is 0 Å². The molecule has 2 rings (SSSR count). The molecule has 0 aromatic heterocycles. The predicted molar refractivity (Wildman–Crippen MR) is 65.8 cm³/mol. The van der Waals surface area contributed by atoms with Crippen molar-refractivity contribution < 1.29 is 21.9 Å². The van der Waals surface area contributed by atoms with E-state index in [2.05, 4.69) is 0 Å². The molecule has 0 amide bonds. The van der Waals surface area contributed by atoms with Crippen molar-refractivity contribution >= 4 is 23.1 Å². The van der Waals surface area contributed by atoms with Crippen molar-refractivity contribution in [3.8, 4) is 5.75 Å². The molecule has 5 heteroatoms. The second-order valence-corrected chi connectivity index (χ2v) is 4.25. The Hall–Kier alpha value is -0.930. The molecule has 2 unspecified atom stereocenters. The van der Waals surface area contributed by atoms with E-state index in [-0.39, 0.29) is 12.4 Å². The molecule has 96 valence electrons. The monoisotopic (exact) mass is 276 g/mol. The summed E-state index contributed by atoms with van der Waals surface area (Å²) in [5.74, 6) is 1.73. The number of ether oxygens (including phenoxy) is 1. The molecule has 0 bridgehead atoms. The maximum Gasteiger partial charge on any atom is 0.160 e. The highest BCUT2D eigenvalue weighted by Gasteiger charge is 2.40. The highest BCUT2D eigenvalue weighted by molar-refractivity contribution is 6.32. The van der Waals surface area contributed by atoms with Gasteiger partial charge in [0.05, 0.1) is 17.8 Å². The first-order chi connectivity index (χ1) is 7.49. The number of carbonyl (C=O) groups excluding carboxylic acids is 1. The highest BCUT2D eigenvalue weighted by Crippen LogP contribution is 2.31. The fourth-order valence-corrected chi connectivity index (χ4v) is 1.53. The summed E-state index contributed by atoms with van der Waals surface area (Å²) in [4.78, 5) is 10.2. The van der Waals surface area contributed by atoms with Crippen LogP contribution in [0.1, 0.15) is 13.8 Å². The molecule has 0 saturated heterocycles. The average molecular weight is 277 g/mol. The van der Waals surface area contributed by atoms with Crippen molar-refractivity contribution in [3.05, 3.63) is 23.2 Å². The van der Waals surface area contributed by atoms with Gasteiger partial charge >= 0.3 is 0 Å². The molecule has 17 heavy (non-hydrogen) atoms. The van der Waals surface area contributed by atoms with Crippen LogP contribution in [0.3, 0.4) is 0 Å². The SMILES string of the molecule is CC1C(=O)C1C.COc1c(N)cccc1Cl.[Cl-]. The number of rotatable bonds is 1. The number of carbonyl (C=O) groups is 1. The van der Waals surface area contributed by atoms with Crippen LogP contribution in [-0.4, -0.2) is 12.9 Å². The first kappa shape index (κ1) is 16.1. The van der Waals surface area contributed by atoms with Crippen LogP contribution in [0.15, 0.2) is 18.2 Å². The minimum absolute atomic E-state index is 0. The van der Waals surface area contributed by atoms with E-state index in [1.807, 2.05) is 13.8 Å². The summed E-state index contributed by atoms with van der Waals surface area (Å²) in [5.41, 5.74) is 6.09. The Balaban J connectivity index is 0.000000316. The van der Waals surface area contributed by atoms with Crippen LogP contribution < -0.4 is 22.9 Å². The number of methoxy groups -OCH3 is 1. The van der Waals surface area contributed by atoms with Gasteiger partial charge in [-0.05, 0) is 12.1 Å². The number of hydrogen-bond donors (Lipinski definition) is 1. The number of benzene rings is 1. The van der Waals surface area contributed by atoms with Crippen molar-refractivity contribution in [3.63, 3.8) is 0 Å². The zero-order valence-electron chi connectivity index (χ0n) is 10.0. The summed E-state index contributed by atoms with van der Waals surface area (Å²) in [6.07, 6.45) is 0. The van der Waals surface area contributed by atoms with Crippen molar-refractivity contribution in [2.24, 2.45) is 11.8 Å². The molecule has 1 aromatic carbocycles. The van der Waals surface area contributed by atoms with Crippen LogP contribution >= 0.6 is 11.6 Å². The Bertz CT molecular complexity index is 366. The van der Waals surface area contributed by atoms with E-state index in [9.17, 15) is 4.79 Å². The van der Waals surface area contributed by atoms with E-state index in [1.165, 1.54) is 7.11 Å². The molecule has 0 aliphatic heterocycles. The van der Waals surface area contributed by atoms with Crippen LogP contribution in [0.5, 0.6) is 5.75 Å². The number of nitrogens with two attached hydrogens (primary N) is 1. The Labute approximate surface area is 113 Å². The standard InChI is InChI=1S/C7H8ClNO.C5H8O.ClH/c1-10-7-5(8)3-2-4-6(7)9;1-3-4(2)5(3)6;/h2-4H,9H2,1H3;3-4H,1-2H3;1H/p-1. The number of halogens is 2. The molecule has 0 spiro atoms. The Morgan fingerprint density at radius 2 is 1.76 bits per heavy atom. The minimum atomic E-state index is 0. The van der Waals surface area contributed by atoms with Gasteiger partial charge in [0, 0.05) is 11.8 Å². The largest absolute Gasteiger partial charge is 1.00 e. The van der Waals surface area contributed by atoms with E-state index in [0.717, 1.165) is 0 Å². The van der Waals surface area contributed by atoms with Gasteiger partial charge in [0.2, 0.25) is 0 Å². The number of Topliss-reactive ketones (excluding diaryl/α,β-unsaturated/α-hetero) is 1. The van der Waals surface area contributed by atoms with Crippen LogP contribution in [0.4, 0.5) is 5.69 Å². The average Bonchev–Trinajstić information content (AvgIpc) is 2.76. The van der Waals surface area contributed by atoms with Crippen LogP contribution in [0, 0.1) is 11.8 Å². The fourth-order valence-electron chi connectivity index (χ4n) is 1.27.